The van der Waals surface area contributed by atoms with E-state index in [0.29, 0.717) is 0 Å². The maximum Gasteiger partial charge on any atom is 0.0453 e. The smallest absolute Gasteiger partial charge is 0.0453 e. The normalized spacial score (nSPS) is 13.4. The van der Waals surface area contributed by atoms with Crippen LogP contribution in [0.3, 0.4) is 0 Å². The number of hydrogen-bond acceptors (Lipinski definition) is 1. The number of aryl methyl sites for hydroxylation is 1. The van der Waals surface area contributed by atoms with Crippen LogP contribution in [0.2, 0.25) is 0 Å². The molecule has 0 fully saturated rings. The lowest BCUT2D eigenvalue weighted by Gasteiger charge is -2.04. The van der Waals surface area contributed by atoms with Crippen molar-refractivity contribution < 1.29 is 0 Å². The molecular formula is C11H11N. The zero-order valence-corrected chi connectivity index (χ0v) is 7.04. The monoisotopic (exact) mass is 157 g/mol. The Bertz CT molecular complexity index is 348. The molecule has 0 saturated carbocycles. The fourth-order valence-corrected chi connectivity index (χ4v) is 1.30. The number of anilines is 1. The van der Waals surface area contributed by atoms with Crippen LogP contribution in [0, 0.1) is 6.92 Å². The molecule has 12 heavy (non-hydrogen) atoms. The molecule has 1 aromatic rings. The van der Waals surface area contributed by atoms with Crippen molar-refractivity contribution in [3.8, 4) is 0 Å². The van der Waals surface area contributed by atoms with Gasteiger partial charge in [0.2, 0.25) is 0 Å². The van der Waals surface area contributed by atoms with E-state index in [0.717, 1.165) is 0 Å². The van der Waals surface area contributed by atoms with Crippen molar-refractivity contribution in [1.29, 1.82) is 0 Å². The van der Waals surface area contributed by atoms with E-state index < -0.39 is 0 Å². The number of allylic oxidation sites excluding steroid dienone is 2. The Morgan fingerprint density at radius 2 is 2.08 bits per heavy atom. The molecule has 2 rings (SSSR count). The summed E-state index contributed by atoms with van der Waals surface area (Å²) in [5.74, 6) is 0. The maximum absolute atomic E-state index is 3.21. The number of rotatable bonds is 0. The van der Waals surface area contributed by atoms with Gasteiger partial charge in [0.05, 0.1) is 0 Å². The molecule has 1 heteroatoms. The third-order valence-corrected chi connectivity index (χ3v) is 1.93. The Balaban J connectivity index is 2.53. The van der Waals surface area contributed by atoms with E-state index in [2.05, 4.69) is 36.5 Å². The summed E-state index contributed by atoms with van der Waals surface area (Å²) in [6.07, 6.45) is 8.09. The standard InChI is InChI=1S/C11H11N/c1-9-5-6-11-10(8-9)4-2-3-7-12-11/h2-8,12H,1H3. The summed E-state index contributed by atoms with van der Waals surface area (Å²) < 4.78 is 0. The molecule has 60 valence electrons. The summed E-state index contributed by atoms with van der Waals surface area (Å²) in [4.78, 5) is 0. The second-order valence-electron chi connectivity index (χ2n) is 2.95. The molecule has 1 nitrogen and oxygen atoms in total. The first-order valence-corrected chi connectivity index (χ1v) is 4.07. The molecule has 0 bridgehead atoms. The van der Waals surface area contributed by atoms with E-state index in [1.54, 1.807) is 0 Å². The fraction of sp³-hybridized carbons (Fsp3) is 0.0909. The van der Waals surface area contributed by atoms with E-state index in [1.165, 1.54) is 16.8 Å². The van der Waals surface area contributed by atoms with Crippen molar-refractivity contribution in [2.75, 3.05) is 5.32 Å². The van der Waals surface area contributed by atoms with Gasteiger partial charge in [-0.2, -0.15) is 0 Å². The summed E-state index contributed by atoms with van der Waals surface area (Å²) >= 11 is 0. The van der Waals surface area contributed by atoms with Crippen LogP contribution in [0.4, 0.5) is 5.69 Å². The van der Waals surface area contributed by atoms with Crippen molar-refractivity contribution in [3.63, 3.8) is 0 Å². The van der Waals surface area contributed by atoms with Gasteiger partial charge in [-0.1, -0.05) is 23.8 Å². The summed E-state index contributed by atoms with van der Waals surface area (Å²) in [6, 6.07) is 6.38. The van der Waals surface area contributed by atoms with E-state index in [-0.39, 0.29) is 0 Å². The lowest BCUT2D eigenvalue weighted by molar-refractivity contribution is 1.45. The van der Waals surface area contributed by atoms with Crippen molar-refractivity contribution >= 4 is 11.8 Å². The summed E-state index contributed by atoms with van der Waals surface area (Å²) in [5.41, 5.74) is 3.72. The molecule has 1 aliphatic heterocycles. The molecule has 1 aromatic carbocycles. The summed E-state index contributed by atoms with van der Waals surface area (Å²) in [5, 5.41) is 3.21. The molecule has 0 saturated heterocycles. The maximum atomic E-state index is 3.21. The molecule has 0 aliphatic carbocycles. The highest BCUT2D eigenvalue weighted by atomic mass is 14.8. The Morgan fingerprint density at radius 3 is 3.00 bits per heavy atom. The Hall–Kier alpha value is -1.50. The lowest BCUT2D eigenvalue weighted by atomic mass is 10.1. The van der Waals surface area contributed by atoms with Gasteiger partial charge in [-0.15, -0.1) is 0 Å². The number of nitrogens with one attached hydrogen (secondary N) is 1. The van der Waals surface area contributed by atoms with Crippen LogP contribution in [0.25, 0.3) is 6.08 Å². The second-order valence-corrected chi connectivity index (χ2v) is 2.95. The lowest BCUT2D eigenvalue weighted by Crippen LogP contribution is -1.89. The third-order valence-electron chi connectivity index (χ3n) is 1.93. The van der Waals surface area contributed by atoms with Crippen LogP contribution in [0.1, 0.15) is 11.1 Å². The van der Waals surface area contributed by atoms with Crippen LogP contribution >= 0.6 is 0 Å². The van der Waals surface area contributed by atoms with Gasteiger partial charge < -0.3 is 5.32 Å². The van der Waals surface area contributed by atoms with E-state index in [4.69, 9.17) is 0 Å². The van der Waals surface area contributed by atoms with Crippen molar-refractivity contribution in [2.45, 2.75) is 6.92 Å². The summed E-state index contributed by atoms with van der Waals surface area (Å²) in [7, 11) is 0. The number of fused-ring (bicyclic) bond motifs is 1. The minimum atomic E-state index is 1.17. The first-order chi connectivity index (χ1) is 5.86. The largest absolute Gasteiger partial charge is 0.361 e. The molecule has 0 spiro atoms. The van der Waals surface area contributed by atoms with Gasteiger partial charge in [-0.3, -0.25) is 0 Å². The minimum absolute atomic E-state index is 1.17. The van der Waals surface area contributed by atoms with Crippen molar-refractivity contribution in [2.24, 2.45) is 0 Å². The van der Waals surface area contributed by atoms with Crippen molar-refractivity contribution in [3.05, 3.63) is 47.7 Å². The van der Waals surface area contributed by atoms with Crippen molar-refractivity contribution in [1.82, 2.24) is 0 Å². The highest BCUT2D eigenvalue weighted by molar-refractivity contribution is 5.70. The van der Waals surface area contributed by atoms with Crippen LogP contribution < -0.4 is 5.32 Å². The highest BCUT2D eigenvalue weighted by Crippen LogP contribution is 2.20. The zero-order chi connectivity index (χ0) is 8.39. The molecule has 0 unspecified atom stereocenters. The predicted octanol–water partition coefficient (Wildman–Crippen LogP) is 2.95. The average molecular weight is 157 g/mol. The van der Waals surface area contributed by atoms with Crippen LogP contribution in [-0.2, 0) is 0 Å². The molecule has 0 atom stereocenters. The molecule has 0 amide bonds. The third kappa shape index (κ3) is 1.26. The van der Waals surface area contributed by atoms with Crippen LogP contribution in [0.5, 0.6) is 0 Å². The molecule has 1 N–H and O–H groups in total. The number of benzene rings is 1. The number of hydrogen-bond donors (Lipinski definition) is 1. The molecule has 1 heterocycles. The van der Waals surface area contributed by atoms with Gasteiger partial charge in [-0.05, 0) is 30.7 Å². The van der Waals surface area contributed by atoms with E-state index >= 15 is 0 Å². The van der Waals surface area contributed by atoms with Gasteiger partial charge in [-0.25, -0.2) is 0 Å². The van der Waals surface area contributed by atoms with Gasteiger partial charge >= 0.3 is 0 Å². The molecular weight excluding hydrogens is 146 g/mol. The topological polar surface area (TPSA) is 12.0 Å². The fourth-order valence-electron chi connectivity index (χ4n) is 1.30. The van der Waals surface area contributed by atoms with Crippen LogP contribution in [-0.4, -0.2) is 0 Å². The van der Waals surface area contributed by atoms with Gasteiger partial charge in [0.1, 0.15) is 0 Å². The highest BCUT2D eigenvalue weighted by Gasteiger charge is 1.98. The Kier molecular flexibility index (Phi) is 1.71. The minimum Gasteiger partial charge on any atom is -0.361 e. The molecule has 0 aromatic heterocycles. The first-order valence-electron chi connectivity index (χ1n) is 4.07. The zero-order valence-electron chi connectivity index (χ0n) is 7.04. The SMILES string of the molecule is Cc1ccc2c(c1)C=CC=CN2. The van der Waals surface area contributed by atoms with E-state index in [9.17, 15) is 0 Å². The van der Waals surface area contributed by atoms with Gasteiger partial charge in [0.15, 0.2) is 0 Å². The Morgan fingerprint density at radius 1 is 1.17 bits per heavy atom. The summed E-state index contributed by atoms with van der Waals surface area (Å²) in [6.45, 7) is 2.10. The molecule has 1 aliphatic rings. The Labute approximate surface area is 72.4 Å². The predicted molar refractivity (Wildman–Crippen MR) is 53.0 cm³/mol. The average Bonchev–Trinajstić information content (AvgIpc) is 2.28. The van der Waals surface area contributed by atoms with Gasteiger partial charge in [0, 0.05) is 11.9 Å². The quantitative estimate of drug-likeness (QED) is 0.610. The van der Waals surface area contributed by atoms with Gasteiger partial charge in [0.25, 0.3) is 0 Å². The van der Waals surface area contributed by atoms with E-state index in [1.807, 2.05) is 18.4 Å². The molecule has 0 radical (unpaired) electrons. The second kappa shape index (κ2) is 2.86. The van der Waals surface area contributed by atoms with Crippen LogP contribution in [0.15, 0.2) is 36.6 Å². The first kappa shape index (κ1) is 7.17.